The van der Waals surface area contributed by atoms with E-state index in [0.717, 1.165) is 77.5 Å². The minimum atomic E-state index is -0.0921. The second-order valence-electron chi connectivity index (χ2n) is 16.5. The zero-order valence-electron chi connectivity index (χ0n) is 32.3. The van der Waals surface area contributed by atoms with Gasteiger partial charge in [0.1, 0.15) is 22.3 Å². The molecule has 58 heavy (non-hydrogen) atoms. The standard InChI is InChI=1S/C55H39NO2/c1-55(2)47-18-8-5-15-41(47)43-17-11-20-49(54(43)55)56(39-26-22-34(23-27-39)37-24-28-51-44(31-37)42-16-7-10-21-50(42)57-51)48-19-9-6-14-40(48)38-25-29-52-45(32-38)46-30-35-12-3-4-13-36(35)33-53(46)58-52/h3-33,41,47H,1-2H3. The van der Waals surface area contributed by atoms with Crippen LogP contribution in [0.2, 0.25) is 0 Å². The van der Waals surface area contributed by atoms with Crippen molar-refractivity contribution in [3.8, 4) is 22.3 Å². The van der Waals surface area contributed by atoms with Crippen molar-refractivity contribution in [1.82, 2.24) is 0 Å². The molecule has 2 heterocycles. The van der Waals surface area contributed by atoms with Crippen LogP contribution in [-0.2, 0) is 5.41 Å². The molecule has 10 aromatic rings. The first-order valence-corrected chi connectivity index (χ1v) is 20.2. The summed E-state index contributed by atoms with van der Waals surface area (Å²) < 4.78 is 12.6. The first-order chi connectivity index (χ1) is 28.5. The van der Waals surface area contributed by atoms with Crippen LogP contribution in [0.5, 0.6) is 0 Å². The summed E-state index contributed by atoms with van der Waals surface area (Å²) in [5, 5.41) is 6.92. The lowest BCUT2D eigenvalue weighted by atomic mass is 9.74. The van der Waals surface area contributed by atoms with Gasteiger partial charge >= 0.3 is 0 Å². The van der Waals surface area contributed by atoms with Crippen LogP contribution in [0, 0.1) is 5.92 Å². The maximum absolute atomic E-state index is 6.45. The van der Waals surface area contributed by atoms with Gasteiger partial charge in [-0.05, 0) is 117 Å². The summed E-state index contributed by atoms with van der Waals surface area (Å²) in [7, 11) is 0. The largest absolute Gasteiger partial charge is 0.456 e. The van der Waals surface area contributed by atoms with Gasteiger partial charge in [0.25, 0.3) is 0 Å². The van der Waals surface area contributed by atoms with Crippen molar-refractivity contribution in [2.45, 2.75) is 25.2 Å². The quantitative estimate of drug-likeness (QED) is 0.176. The number of benzene rings is 8. The van der Waals surface area contributed by atoms with E-state index in [2.05, 4.69) is 195 Å². The van der Waals surface area contributed by atoms with E-state index in [0.29, 0.717) is 11.8 Å². The fourth-order valence-electron chi connectivity index (χ4n) is 10.1. The molecule has 2 atom stereocenters. The van der Waals surface area contributed by atoms with Crippen LogP contribution in [0.3, 0.4) is 0 Å². The smallest absolute Gasteiger partial charge is 0.136 e. The van der Waals surface area contributed by atoms with Gasteiger partial charge in [-0.25, -0.2) is 0 Å². The molecule has 2 aliphatic rings. The van der Waals surface area contributed by atoms with E-state index < -0.39 is 0 Å². The van der Waals surface area contributed by atoms with Crippen molar-refractivity contribution in [1.29, 1.82) is 0 Å². The number of nitrogens with zero attached hydrogens (tertiary/aromatic N) is 1. The molecule has 0 saturated heterocycles. The molecule has 276 valence electrons. The van der Waals surface area contributed by atoms with Gasteiger partial charge in [-0.2, -0.15) is 0 Å². The molecular weight excluding hydrogens is 707 g/mol. The molecule has 0 aliphatic heterocycles. The van der Waals surface area contributed by atoms with Gasteiger partial charge in [0.2, 0.25) is 0 Å². The topological polar surface area (TPSA) is 29.5 Å². The van der Waals surface area contributed by atoms with Crippen molar-refractivity contribution in [3.05, 3.63) is 199 Å². The predicted octanol–water partition coefficient (Wildman–Crippen LogP) is 15.6. The van der Waals surface area contributed by atoms with Crippen LogP contribution >= 0.6 is 0 Å². The first-order valence-electron chi connectivity index (χ1n) is 20.2. The van der Waals surface area contributed by atoms with E-state index in [-0.39, 0.29) is 5.41 Å². The zero-order chi connectivity index (χ0) is 38.5. The van der Waals surface area contributed by atoms with Crippen LogP contribution in [0.15, 0.2) is 197 Å². The summed E-state index contributed by atoms with van der Waals surface area (Å²) in [4.78, 5) is 2.50. The highest BCUT2D eigenvalue weighted by Gasteiger charge is 2.46. The highest BCUT2D eigenvalue weighted by atomic mass is 16.3. The molecule has 0 N–H and O–H groups in total. The Hall–Kier alpha value is -7.10. The molecule has 8 aromatic carbocycles. The van der Waals surface area contributed by atoms with Crippen LogP contribution in [0.4, 0.5) is 17.1 Å². The van der Waals surface area contributed by atoms with Crippen LogP contribution < -0.4 is 4.90 Å². The van der Waals surface area contributed by atoms with E-state index in [4.69, 9.17) is 8.83 Å². The SMILES string of the molecule is CC1(C)c2c(cccc2N(c2ccc(-c3ccc4oc5ccccc5c4c3)cc2)c2ccccc2-c2ccc3oc4cc5ccccc5cc4c3c2)C2C=CC=CC21. The van der Waals surface area contributed by atoms with Gasteiger partial charge in [0.15, 0.2) is 0 Å². The third kappa shape index (κ3) is 4.93. The average molecular weight is 746 g/mol. The molecule has 2 aliphatic carbocycles. The maximum atomic E-state index is 6.45. The molecule has 3 nitrogen and oxygen atoms in total. The molecular formula is C55H39NO2. The summed E-state index contributed by atoms with van der Waals surface area (Å²) in [5.41, 5.74) is 14.4. The van der Waals surface area contributed by atoms with Gasteiger partial charge in [-0.1, -0.05) is 135 Å². The minimum Gasteiger partial charge on any atom is -0.456 e. The molecule has 12 rings (SSSR count). The van der Waals surface area contributed by atoms with Crippen LogP contribution in [-0.4, -0.2) is 0 Å². The van der Waals surface area contributed by atoms with E-state index in [1.165, 1.54) is 27.6 Å². The number of anilines is 3. The Bertz CT molecular complexity index is 3340. The number of allylic oxidation sites excluding steroid dienone is 4. The first kappa shape index (κ1) is 33.1. The Kier molecular flexibility index (Phi) is 7.10. The van der Waals surface area contributed by atoms with Crippen molar-refractivity contribution in [2.24, 2.45) is 5.92 Å². The molecule has 0 spiro atoms. The number of hydrogen-bond acceptors (Lipinski definition) is 3. The Morgan fingerprint density at radius 3 is 1.95 bits per heavy atom. The molecule has 0 radical (unpaired) electrons. The van der Waals surface area contributed by atoms with E-state index in [1.54, 1.807) is 0 Å². The monoisotopic (exact) mass is 745 g/mol. The third-order valence-corrected chi connectivity index (χ3v) is 12.9. The van der Waals surface area contributed by atoms with Crippen LogP contribution in [0.25, 0.3) is 76.9 Å². The fraction of sp³-hybridized carbons (Fsp3) is 0.0909. The molecule has 0 fully saturated rings. The fourth-order valence-corrected chi connectivity index (χ4v) is 10.1. The van der Waals surface area contributed by atoms with E-state index >= 15 is 0 Å². The molecule has 2 unspecified atom stereocenters. The number of hydrogen-bond donors (Lipinski definition) is 0. The van der Waals surface area contributed by atoms with Gasteiger partial charge in [-0.3, -0.25) is 0 Å². The Balaban J connectivity index is 1.04. The minimum absolute atomic E-state index is 0.0921. The van der Waals surface area contributed by atoms with Crippen molar-refractivity contribution < 1.29 is 8.83 Å². The van der Waals surface area contributed by atoms with Gasteiger partial charge in [0.05, 0.1) is 11.4 Å². The summed E-state index contributed by atoms with van der Waals surface area (Å²) >= 11 is 0. The Morgan fingerprint density at radius 2 is 1.09 bits per heavy atom. The number of rotatable bonds is 5. The van der Waals surface area contributed by atoms with Gasteiger partial charge < -0.3 is 13.7 Å². The second-order valence-corrected chi connectivity index (χ2v) is 16.5. The highest BCUT2D eigenvalue weighted by Crippen LogP contribution is 2.57. The molecule has 0 bridgehead atoms. The van der Waals surface area contributed by atoms with Gasteiger partial charge in [0, 0.05) is 38.7 Å². The average Bonchev–Trinajstić information content (AvgIpc) is 3.90. The summed E-state index contributed by atoms with van der Waals surface area (Å²) in [6.07, 6.45) is 9.24. The maximum Gasteiger partial charge on any atom is 0.136 e. The summed E-state index contributed by atoms with van der Waals surface area (Å²) in [6, 6.07) is 59.3. The zero-order valence-corrected chi connectivity index (χ0v) is 32.3. The van der Waals surface area contributed by atoms with Crippen molar-refractivity contribution in [3.63, 3.8) is 0 Å². The van der Waals surface area contributed by atoms with Crippen LogP contribution in [0.1, 0.15) is 30.9 Å². The lowest BCUT2D eigenvalue weighted by Gasteiger charge is -2.35. The molecule has 2 aromatic heterocycles. The second kappa shape index (κ2) is 12.4. The summed E-state index contributed by atoms with van der Waals surface area (Å²) in [5.74, 6) is 0.728. The number of fused-ring (bicyclic) bond motifs is 10. The molecule has 0 saturated carbocycles. The van der Waals surface area contributed by atoms with Crippen molar-refractivity contribution >= 4 is 71.7 Å². The Morgan fingerprint density at radius 1 is 0.466 bits per heavy atom. The van der Waals surface area contributed by atoms with Gasteiger partial charge in [-0.15, -0.1) is 0 Å². The molecule has 0 amide bonds. The number of para-hydroxylation sites is 2. The molecule has 3 heteroatoms. The lowest BCUT2D eigenvalue weighted by Crippen LogP contribution is -2.26. The lowest BCUT2D eigenvalue weighted by molar-refractivity contribution is 0.395. The highest BCUT2D eigenvalue weighted by molar-refractivity contribution is 6.11. The van der Waals surface area contributed by atoms with E-state index in [1.807, 2.05) is 12.1 Å². The third-order valence-electron chi connectivity index (χ3n) is 12.9. The summed E-state index contributed by atoms with van der Waals surface area (Å²) in [6.45, 7) is 4.85. The predicted molar refractivity (Wildman–Crippen MR) is 242 cm³/mol. The van der Waals surface area contributed by atoms with E-state index in [9.17, 15) is 0 Å². The Labute approximate surface area is 336 Å². The number of furan rings is 2. The normalized spacial score (nSPS) is 16.8. The van der Waals surface area contributed by atoms with Crippen molar-refractivity contribution in [2.75, 3.05) is 4.90 Å².